The summed E-state index contributed by atoms with van der Waals surface area (Å²) in [7, 11) is 0. The molecule has 1 aromatic heterocycles. The molecule has 0 saturated carbocycles. The van der Waals surface area contributed by atoms with Crippen LogP contribution < -0.4 is 5.32 Å². The van der Waals surface area contributed by atoms with Gasteiger partial charge in [0, 0.05) is 11.3 Å². The molecule has 0 aliphatic carbocycles. The van der Waals surface area contributed by atoms with Crippen molar-refractivity contribution in [2.45, 2.75) is 6.92 Å². The van der Waals surface area contributed by atoms with E-state index in [4.69, 9.17) is 0 Å². The zero-order valence-corrected chi connectivity index (χ0v) is 11.5. The van der Waals surface area contributed by atoms with Gasteiger partial charge in [0.2, 0.25) is 0 Å². The highest BCUT2D eigenvalue weighted by Gasteiger charge is 2.09. The van der Waals surface area contributed by atoms with Gasteiger partial charge < -0.3 is 5.32 Å². The predicted octanol–water partition coefficient (Wildman–Crippen LogP) is 4.00. The number of aryl methyl sites for hydroxylation is 1. The molecule has 0 atom stereocenters. The van der Waals surface area contributed by atoms with Crippen molar-refractivity contribution < 1.29 is 9.18 Å². The molecule has 0 aliphatic heterocycles. The smallest absolute Gasteiger partial charge is 0.255 e. The fraction of sp³-hybridized carbons (Fsp3) is 0.0667. The number of hydrogen-bond acceptors (Lipinski definition) is 3. The maximum Gasteiger partial charge on any atom is 0.255 e. The summed E-state index contributed by atoms with van der Waals surface area (Å²) in [5.41, 5.74) is 1.91. The Kier molecular flexibility index (Phi) is 3.20. The summed E-state index contributed by atoms with van der Waals surface area (Å²) in [5, 5.41) is 3.70. The molecule has 1 heterocycles. The number of amides is 1. The Labute approximate surface area is 119 Å². The minimum Gasteiger partial charge on any atom is -0.322 e. The molecule has 5 heteroatoms. The zero-order chi connectivity index (χ0) is 14.1. The number of carbonyl (C=O) groups excluding carboxylic acids is 1. The van der Waals surface area contributed by atoms with Gasteiger partial charge in [0.05, 0.1) is 15.2 Å². The summed E-state index contributed by atoms with van der Waals surface area (Å²) in [4.78, 5) is 16.5. The normalized spacial score (nSPS) is 10.7. The molecule has 0 aliphatic rings. The predicted molar refractivity (Wildman–Crippen MR) is 78.7 cm³/mol. The molecule has 3 rings (SSSR count). The topological polar surface area (TPSA) is 42.0 Å². The third-order valence-electron chi connectivity index (χ3n) is 2.86. The SMILES string of the molecule is Cc1nc2cc(C(=O)Nc3ccc(F)cc3)ccc2s1. The second-order valence-corrected chi connectivity index (χ2v) is 5.61. The Morgan fingerprint density at radius 3 is 2.70 bits per heavy atom. The number of aromatic nitrogens is 1. The Balaban J connectivity index is 1.86. The van der Waals surface area contributed by atoms with Crippen molar-refractivity contribution in [1.29, 1.82) is 0 Å². The highest BCUT2D eigenvalue weighted by molar-refractivity contribution is 7.18. The molecule has 3 aromatic rings. The van der Waals surface area contributed by atoms with E-state index >= 15 is 0 Å². The summed E-state index contributed by atoms with van der Waals surface area (Å²) in [6.07, 6.45) is 0. The first kappa shape index (κ1) is 12.7. The van der Waals surface area contributed by atoms with E-state index in [0.29, 0.717) is 11.3 Å². The number of nitrogens with zero attached hydrogens (tertiary/aromatic N) is 1. The van der Waals surface area contributed by atoms with Crippen molar-refractivity contribution in [3.8, 4) is 0 Å². The van der Waals surface area contributed by atoms with Crippen molar-refractivity contribution in [3.63, 3.8) is 0 Å². The van der Waals surface area contributed by atoms with E-state index in [1.807, 2.05) is 13.0 Å². The number of benzene rings is 2. The number of halogens is 1. The van der Waals surface area contributed by atoms with Crippen molar-refractivity contribution in [1.82, 2.24) is 4.98 Å². The van der Waals surface area contributed by atoms with Crippen LogP contribution in [0.2, 0.25) is 0 Å². The number of anilines is 1. The Bertz CT molecular complexity index is 780. The molecule has 2 aromatic carbocycles. The second kappa shape index (κ2) is 5.02. The lowest BCUT2D eigenvalue weighted by molar-refractivity contribution is 0.102. The molecule has 0 spiro atoms. The van der Waals surface area contributed by atoms with E-state index in [9.17, 15) is 9.18 Å². The molecule has 0 fully saturated rings. The van der Waals surface area contributed by atoms with Crippen molar-refractivity contribution in [2.75, 3.05) is 5.32 Å². The first-order valence-corrected chi connectivity index (χ1v) is 6.87. The summed E-state index contributed by atoms with van der Waals surface area (Å²) >= 11 is 1.59. The van der Waals surface area contributed by atoms with Crippen LogP contribution >= 0.6 is 11.3 Å². The van der Waals surface area contributed by atoms with Gasteiger partial charge in [0.15, 0.2) is 0 Å². The lowest BCUT2D eigenvalue weighted by Crippen LogP contribution is -2.11. The van der Waals surface area contributed by atoms with E-state index in [1.54, 1.807) is 23.5 Å². The lowest BCUT2D eigenvalue weighted by atomic mass is 10.2. The van der Waals surface area contributed by atoms with Crippen LogP contribution in [0.5, 0.6) is 0 Å². The van der Waals surface area contributed by atoms with Crippen molar-refractivity contribution >= 4 is 33.1 Å². The van der Waals surface area contributed by atoms with E-state index in [-0.39, 0.29) is 11.7 Å². The van der Waals surface area contributed by atoms with E-state index in [1.165, 1.54) is 24.3 Å². The van der Waals surface area contributed by atoms with Crippen LogP contribution in [0.3, 0.4) is 0 Å². The monoisotopic (exact) mass is 286 g/mol. The molecule has 1 N–H and O–H groups in total. The molecule has 20 heavy (non-hydrogen) atoms. The standard InChI is InChI=1S/C15H11FN2OS/c1-9-17-13-8-10(2-7-14(13)20-9)15(19)18-12-5-3-11(16)4-6-12/h2-8H,1H3,(H,18,19). The summed E-state index contributed by atoms with van der Waals surface area (Å²) in [6, 6.07) is 11.1. The van der Waals surface area contributed by atoms with Crippen LogP contribution in [0.25, 0.3) is 10.2 Å². The average molecular weight is 286 g/mol. The van der Waals surface area contributed by atoms with Crippen LogP contribution in [-0.2, 0) is 0 Å². The fourth-order valence-electron chi connectivity index (χ4n) is 1.92. The van der Waals surface area contributed by atoms with Crippen molar-refractivity contribution in [2.24, 2.45) is 0 Å². The van der Waals surface area contributed by atoms with Gasteiger partial charge in [-0.25, -0.2) is 9.37 Å². The average Bonchev–Trinajstić information content (AvgIpc) is 2.80. The highest BCUT2D eigenvalue weighted by atomic mass is 32.1. The lowest BCUT2D eigenvalue weighted by Gasteiger charge is -2.05. The van der Waals surface area contributed by atoms with Gasteiger partial charge in [0.1, 0.15) is 5.82 Å². The molecule has 0 radical (unpaired) electrons. The largest absolute Gasteiger partial charge is 0.322 e. The van der Waals surface area contributed by atoms with Gasteiger partial charge in [-0.1, -0.05) is 0 Å². The Morgan fingerprint density at radius 1 is 1.20 bits per heavy atom. The molecule has 0 bridgehead atoms. The van der Waals surface area contributed by atoms with Gasteiger partial charge >= 0.3 is 0 Å². The molecular weight excluding hydrogens is 275 g/mol. The number of nitrogens with one attached hydrogen (secondary N) is 1. The van der Waals surface area contributed by atoms with Crippen LogP contribution in [0, 0.1) is 12.7 Å². The van der Waals surface area contributed by atoms with Crippen LogP contribution in [-0.4, -0.2) is 10.9 Å². The van der Waals surface area contributed by atoms with Gasteiger partial charge in [-0.2, -0.15) is 0 Å². The van der Waals surface area contributed by atoms with E-state index in [0.717, 1.165) is 15.2 Å². The third kappa shape index (κ3) is 2.53. The molecule has 100 valence electrons. The van der Waals surface area contributed by atoms with Gasteiger partial charge in [-0.3, -0.25) is 4.79 Å². The van der Waals surface area contributed by atoms with E-state index < -0.39 is 0 Å². The maximum absolute atomic E-state index is 12.8. The van der Waals surface area contributed by atoms with Crippen LogP contribution in [0.4, 0.5) is 10.1 Å². The van der Waals surface area contributed by atoms with Gasteiger partial charge in [0.25, 0.3) is 5.91 Å². The highest BCUT2D eigenvalue weighted by Crippen LogP contribution is 2.22. The molecule has 3 nitrogen and oxygen atoms in total. The first-order valence-electron chi connectivity index (χ1n) is 6.06. The first-order chi connectivity index (χ1) is 9.61. The summed E-state index contributed by atoms with van der Waals surface area (Å²) < 4.78 is 13.9. The number of fused-ring (bicyclic) bond motifs is 1. The maximum atomic E-state index is 12.8. The minimum atomic E-state index is -0.331. The molecule has 0 saturated heterocycles. The summed E-state index contributed by atoms with van der Waals surface area (Å²) in [6.45, 7) is 1.93. The second-order valence-electron chi connectivity index (χ2n) is 4.38. The number of carbonyl (C=O) groups is 1. The fourth-order valence-corrected chi connectivity index (χ4v) is 2.73. The number of rotatable bonds is 2. The van der Waals surface area contributed by atoms with Gasteiger partial charge in [-0.15, -0.1) is 11.3 Å². The molecule has 0 unspecified atom stereocenters. The molecular formula is C15H11FN2OS. The zero-order valence-electron chi connectivity index (χ0n) is 10.7. The van der Waals surface area contributed by atoms with Gasteiger partial charge in [-0.05, 0) is 49.4 Å². The van der Waals surface area contributed by atoms with Crippen LogP contribution in [0.15, 0.2) is 42.5 Å². The Hall–Kier alpha value is -2.27. The number of hydrogen-bond donors (Lipinski definition) is 1. The summed E-state index contributed by atoms with van der Waals surface area (Å²) in [5.74, 6) is -0.563. The third-order valence-corrected chi connectivity index (χ3v) is 3.81. The molecule has 1 amide bonds. The Morgan fingerprint density at radius 2 is 1.95 bits per heavy atom. The van der Waals surface area contributed by atoms with E-state index in [2.05, 4.69) is 10.3 Å². The quantitative estimate of drug-likeness (QED) is 0.773. The number of thiazole rings is 1. The van der Waals surface area contributed by atoms with Crippen molar-refractivity contribution in [3.05, 3.63) is 58.9 Å². The minimum absolute atomic E-state index is 0.232. The van der Waals surface area contributed by atoms with Crippen LogP contribution in [0.1, 0.15) is 15.4 Å².